The van der Waals surface area contributed by atoms with Crippen LogP contribution in [0.15, 0.2) is 158 Å². The Hall–Kier alpha value is -7.54. The number of benzene rings is 7. The standard InChI is InChI=1S/C46H26N4O2/c1-48-35-24-29(28-47)23-34(25-35)33-20-22-42-39(27-33)36-15-8-9-17-40(36)49(42)43-18-10-16-37-44(43)46(52)50(45(37)51)41-21-19-32(30-11-4-2-5-12-30)26-38(41)31-13-6-3-7-14-31/h2-27H. The molecule has 6 nitrogen and oxygen atoms in total. The number of rotatable bonds is 5. The van der Waals surface area contributed by atoms with Gasteiger partial charge in [0.25, 0.3) is 11.8 Å². The first-order valence-electron chi connectivity index (χ1n) is 16.8. The number of carbonyl (C=O) groups is 2. The zero-order chi connectivity index (χ0) is 35.3. The Morgan fingerprint density at radius 1 is 0.519 bits per heavy atom. The van der Waals surface area contributed by atoms with Gasteiger partial charge < -0.3 is 4.57 Å². The fraction of sp³-hybridized carbons (Fsp3) is 0. The molecule has 1 aromatic heterocycles. The van der Waals surface area contributed by atoms with Gasteiger partial charge in [0.05, 0.1) is 46.2 Å². The molecule has 1 aliphatic heterocycles. The second-order valence-corrected chi connectivity index (χ2v) is 12.7. The molecule has 0 fully saturated rings. The first-order valence-corrected chi connectivity index (χ1v) is 16.8. The predicted molar refractivity (Wildman–Crippen MR) is 206 cm³/mol. The maximum atomic E-state index is 14.7. The van der Waals surface area contributed by atoms with Gasteiger partial charge in [-0.15, -0.1) is 0 Å². The van der Waals surface area contributed by atoms with Crippen LogP contribution in [-0.4, -0.2) is 16.4 Å². The number of fused-ring (bicyclic) bond motifs is 4. The first kappa shape index (κ1) is 30.5. The number of hydrogen-bond donors (Lipinski definition) is 0. The van der Waals surface area contributed by atoms with Gasteiger partial charge >= 0.3 is 0 Å². The molecule has 0 saturated heterocycles. The molecule has 1 aliphatic rings. The van der Waals surface area contributed by atoms with E-state index in [-0.39, 0.29) is 11.8 Å². The van der Waals surface area contributed by atoms with E-state index in [1.165, 1.54) is 4.90 Å². The summed E-state index contributed by atoms with van der Waals surface area (Å²) in [6, 6.07) is 52.5. The fourth-order valence-electron chi connectivity index (χ4n) is 7.38. The Labute approximate surface area is 299 Å². The predicted octanol–water partition coefficient (Wildman–Crippen LogP) is 11.0. The monoisotopic (exact) mass is 666 g/mol. The Bertz CT molecular complexity index is 2830. The smallest absolute Gasteiger partial charge is 0.268 e. The summed E-state index contributed by atoms with van der Waals surface area (Å²) in [6.07, 6.45) is 0. The van der Waals surface area contributed by atoms with E-state index in [9.17, 15) is 14.9 Å². The molecule has 8 aromatic rings. The summed E-state index contributed by atoms with van der Waals surface area (Å²) in [7, 11) is 0. The van der Waals surface area contributed by atoms with Gasteiger partial charge in [-0.25, -0.2) is 9.74 Å². The molecule has 0 spiro atoms. The number of para-hydroxylation sites is 1. The summed E-state index contributed by atoms with van der Waals surface area (Å²) in [4.78, 5) is 34.0. The van der Waals surface area contributed by atoms with Gasteiger partial charge in [-0.1, -0.05) is 97.1 Å². The lowest BCUT2D eigenvalue weighted by Crippen LogP contribution is -2.30. The lowest BCUT2D eigenvalue weighted by atomic mass is 9.97. The largest absolute Gasteiger partial charge is 0.308 e. The van der Waals surface area contributed by atoms with Crippen LogP contribution in [0.1, 0.15) is 26.3 Å². The third kappa shape index (κ3) is 4.79. The molecule has 0 bridgehead atoms. The summed E-state index contributed by atoms with van der Waals surface area (Å²) < 4.78 is 2.05. The van der Waals surface area contributed by atoms with Crippen molar-refractivity contribution < 1.29 is 9.59 Å². The van der Waals surface area contributed by atoms with Gasteiger partial charge in [0.15, 0.2) is 5.69 Å². The number of amides is 2. The fourth-order valence-corrected chi connectivity index (χ4v) is 7.38. The third-order valence-electron chi connectivity index (χ3n) is 9.75. The molecule has 0 radical (unpaired) electrons. The molecule has 0 saturated carbocycles. The first-order chi connectivity index (χ1) is 25.5. The van der Waals surface area contributed by atoms with Crippen LogP contribution >= 0.6 is 0 Å². The van der Waals surface area contributed by atoms with Crippen molar-refractivity contribution in [3.8, 4) is 45.1 Å². The lowest BCUT2D eigenvalue weighted by molar-refractivity contribution is 0.0926. The quantitative estimate of drug-likeness (QED) is 0.136. The number of aromatic nitrogens is 1. The number of imide groups is 1. The molecular weight excluding hydrogens is 641 g/mol. The van der Waals surface area contributed by atoms with Gasteiger partial charge in [-0.3, -0.25) is 9.59 Å². The minimum Gasteiger partial charge on any atom is -0.308 e. The number of nitriles is 1. The van der Waals surface area contributed by atoms with E-state index < -0.39 is 0 Å². The highest BCUT2D eigenvalue weighted by Crippen LogP contribution is 2.42. The van der Waals surface area contributed by atoms with Crippen LogP contribution in [0, 0.1) is 17.9 Å². The van der Waals surface area contributed by atoms with Crippen molar-refractivity contribution in [2.24, 2.45) is 0 Å². The van der Waals surface area contributed by atoms with Crippen molar-refractivity contribution in [3.05, 3.63) is 186 Å². The van der Waals surface area contributed by atoms with Crippen molar-refractivity contribution in [2.75, 3.05) is 4.90 Å². The summed E-state index contributed by atoms with van der Waals surface area (Å²) in [6.45, 7) is 7.53. The van der Waals surface area contributed by atoms with E-state index >= 15 is 0 Å². The van der Waals surface area contributed by atoms with Gasteiger partial charge in [-0.05, 0) is 88.5 Å². The summed E-state index contributed by atoms with van der Waals surface area (Å²) in [5, 5.41) is 11.5. The van der Waals surface area contributed by atoms with Crippen molar-refractivity contribution in [3.63, 3.8) is 0 Å². The van der Waals surface area contributed by atoms with E-state index in [1.54, 1.807) is 24.3 Å². The molecular formula is C46H26N4O2. The van der Waals surface area contributed by atoms with Gasteiger partial charge in [-0.2, -0.15) is 5.26 Å². The highest BCUT2D eigenvalue weighted by molar-refractivity contribution is 6.36. The Morgan fingerprint density at radius 2 is 1.21 bits per heavy atom. The molecule has 6 heteroatoms. The number of nitrogens with zero attached hydrogens (tertiary/aromatic N) is 4. The van der Waals surface area contributed by atoms with Crippen LogP contribution in [-0.2, 0) is 0 Å². The van der Waals surface area contributed by atoms with Gasteiger partial charge in [0.1, 0.15) is 0 Å². The maximum Gasteiger partial charge on any atom is 0.268 e. The van der Waals surface area contributed by atoms with Crippen molar-refractivity contribution in [2.45, 2.75) is 0 Å². The maximum absolute atomic E-state index is 14.7. The Kier molecular flexibility index (Phi) is 7.10. The number of anilines is 1. The van der Waals surface area contributed by atoms with E-state index in [0.29, 0.717) is 33.8 Å². The zero-order valence-electron chi connectivity index (χ0n) is 27.6. The molecule has 2 heterocycles. The second kappa shape index (κ2) is 12.1. The SMILES string of the molecule is [C-]#[N+]c1cc(C#N)cc(-c2ccc3c(c2)c2ccccc2n3-c2cccc3c2C(=O)N(c2ccc(-c4ccccc4)cc2-c2ccccc2)C3=O)c1. The molecule has 0 atom stereocenters. The summed E-state index contributed by atoms with van der Waals surface area (Å²) in [5.74, 6) is -0.759. The average molecular weight is 667 g/mol. The average Bonchev–Trinajstić information content (AvgIpc) is 3.67. The minimum atomic E-state index is -0.386. The molecule has 7 aromatic carbocycles. The molecule has 0 aliphatic carbocycles. The van der Waals surface area contributed by atoms with Crippen LogP contribution in [0.2, 0.25) is 0 Å². The molecule has 242 valence electrons. The zero-order valence-corrected chi connectivity index (χ0v) is 27.6. The van der Waals surface area contributed by atoms with Crippen LogP contribution in [0.5, 0.6) is 0 Å². The van der Waals surface area contributed by atoms with E-state index in [4.69, 9.17) is 6.57 Å². The molecule has 0 unspecified atom stereocenters. The van der Waals surface area contributed by atoms with E-state index in [2.05, 4.69) is 21.5 Å². The van der Waals surface area contributed by atoms with Crippen LogP contribution in [0.3, 0.4) is 0 Å². The highest BCUT2D eigenvalue weighted by atomic mass is 16.2. The molecule has 2 amide bonds. The molecule has 0 N–H and O–H groups in total. The van der Waals surface area contributed by atoms with Crippen LogP contribution < -0.4 is 4.90 Å². The molecule has 9 rings (SSSR count). The van der Waals surface area contributed by atoms with Crippen LogP contribution in [0.25, 0.3) is 65.7 Å². The highest BCUT2D eigenvalue weighted by Gasteiger charge is 2.40. The van der Waals surface area contributed by atoms with E-state index in [0.717, 1.165) is 55.2 Å². The summed E-state index contributed by atoms with van der Waals surface area (Å²) >= 11 is 0. The minimum absolute atomic E-state index is 0.341. The van der Waals surface area contributed by atoms with Gasteiger partial charge in [0.2, 0.25) is 0 Å². The number of hydrogen-bond acceptors (Lipinski definition) is 3. The molecule has 52 heavy (non-hydrogen) atoms. The Balaban J connectivity index is 1.21. The normalized spacial score (nSPS) is 12.2. The lowest BCUT2D eigenvalue weighted by Gasteiger charge is -2.20. The third-order valence-corrected chi connectivity index (χ3v) is 9.75. The Morgan fingerprint density at radius 3 is 1.98 bits per heavy atom. The van der Waals surface area contributed by atoms with Gasteiger partial charge in [0, 0.05) is 21.9 Å². The second-order valence-electron chi connectivity index (χ2n) is 12.7. The van der Waals surface area contributed by atoms with Crippen molar-refractivity contribution in [1.29, 1.82) is 5.26 Å². The number of carbonyl (C=O) groups excluding carboxylic acids is 2. The van der Waals surface area contributed by atoms with E-state index in [1.807, 2.05) is 127 Å². The van der Waals surface area contributed by atoms with Crippen molar-refractivity contribution in [1.82, 2.24) is 4.57 Å². The van der Waals surface area contributed by atoms with Crippen molar-refractivity contribution >= 4 is 45.0 Å². The summed E-state index contributed by atoms with van der Waals surface area (Å²) in [5.41, 5.74) is 9.71. The topological polar surface area (TPSA) is 70.5 Å². The van der Waals surface area contributed by atoms with Crippen LogP contribution in [0.4, 0.5) is 11.4 Å².